The highest BCUT2D eigenvalue weighted by atomic mass is 32.1. The lowest BCUT2D eigenvalue weighted by Gasteiger charge is -2.30. The first-order valence-corrected chi connectivity index (χ1v) is 11.9. The van der Waals surface area contributed by atoms with Gasteiger partial charge in [-0.1, -0.05) is 23.5 Å². The summed E-state index contributed by atoms with van der Waals surface area (Å²) in [6.07, 6.45) is 0. The monoisotopic (exact) mass is 515 g/mol. The zero-order valence-corrected chi connectivity index (χ0v) is 20.7. The third kappa shape index (κ3) is 5.77. The molecule has 0 spiro atoms. The molecule has 12 heteroatoms. The van der Waals surface area contributed by atoms with Gasteiger partial charge in [-0.2, -0.15) is 0 Å². The lowest BCUT2D eigenvalue weighted by atomic mass is 9.79. The van der Waals surface area contributed by atoms with Crippen LogP contribution >= 0.6 is 11.3 Å². The minimum absolute atomic E-state index is 0.0377. The fraction of sp³-hybridized carbons (Fsp3) is 0.333. The van der Waals surface area contributed by atoms with Crippen molar-refractivity contribution in [2.75, 3.05) is 19.8 Å². The zero-order valence-electron chi connectivity index (χ0n) is 19.8. The Morgan fingerprint density at radius 1 is 1.17 bits per heavy atom. The molecule has 2 aromatic rings. The number of thiophene rings is 1. The molecular weight excluding hydrogens is 490 g/mol. The maximum Gasteiger partial charge on any atom is 0.336 e. The fourth-order valence-corrected chi connectivity index (χ4v) is 4.87. The Kier molecular flexibility index (Phi) is 8.54. The Labute approximate surface area is 210 Å². The first-order chi connectivity index (χ1) is 17.1. The van der Waals surface area contributed by atoms with Gasteiger partial charge in [0, 0.05) is 28.3 Å². The number of hydrogen-bond acceptors (Lipinski definition) is 10. The van der Waals surface area contributed by atoms with E-state index in [-0.39, 0.29) is 41.6 Å². The molecule has 1 amide bonds. The van der Waals surface area contributed by atoms with E-state index in [2.05, 4.69) is 10.3 Å². The van der Waals surface area contributed by atoms with Gasteiger partial charge in [0.05, 0.1) is 29.2 Å². The molecule has 0 bridgehead atoms. The van der Waals surface area contributed by atoms with Gasteiger partial charge in [-0.3, -0.25) is 24.7 Å². The number of hydrogen-bond donors (Lipinski definition) is 2. The Bertz CT molecular complexity index is 1250. The van der Waals surface area contributed by atoms with Crippen molar-refractivity contribution in [1.82, 2.24) is 5.32 Å². The summed E-state index contributed by atoms with van der Waals surface area (Å²) in [5, 5.41) is 23.5. The molecule has 2 heterocycles. The fourth-order valence-electron chi connectivity index (χ4n) is 3.90. The Balaban J connectivity index is 1.80. The summed E-state index contributed by atoms with van der Waals surface area (Å²) in [5.41, 5.74) is 0.898. The number of aliphatic imine (C=N–C) groups is 1. The number of ether oxygens (including phenoxy) is 2. The molecule has 1 aliphatic heterocycles. The third-order valence-corrected chi connectivity index (χ3v) is 6.58. The van der Waals surface area contributed by atoms with Crippen molar-refractivity contribution in [1.29, 1.82) is 0 Å². The second-order valence-corrected chi connectivity index (χ2v) is 8.90. The van der Waals surface area contributed by atoms with E-state index >= 15 is 0 Å². The molecule has 0 saturated heterocycles. The van der Waals surface area contributed by atoms with Crippen LogP contribution in [-0.2, 0) is 19.1 Å². The highest BCUT2D eigenvalue weighted by Gasteiger charge is 2.43. The summed E-state index contributed by atoms with van der Waals surface area (Å²) in [5.74, 6) is -3.94. The first kappa shape index (κ1) is 26.5. The third-order valence-electron chi connectivity index (χ3n) is 5.46. The maximum absolute atomic E-state index is 13.2. The van der Waals surface area contributed by atoms with E-state index in [1.165, 1.54) is 24.3 Å². The van der Waals surface area contributed by atoms with E-state index in [1.54, 1.807) is 32.9 Å². The largest absolute Gasteiger partial charge is 0.507 e. The van der Waals surface area contributed by atoms with Crippen molar-refractivity contribution in [3.63, 3.8) is 0 Å². The number of phenolic OH excluding ortho intramolecular Hbond substituents is 1. The molecule has 1 unspecified atom stereocenters. The van der Waals surface area contributed by atoms with Gasteiger partial charge in [-0.15, -0.1) is 0 Å². The van der Waals surface area contributed by atoms with Crippen LogP contribution in [0, 0.1) is 16.0 Å². The lowest BCUT2D eigenvalue weighted by Crippen LogP contribution is -2.36. The number of nitrogens with one attached hydrogen (secondary N) is 1. The lowest BCUT2D eigenvalue weighted by molar-refractivity contribution is -0.380. The van der Waals surface area contributed by atoms with Gasteiger partial charge in [-0.05, 0) is 39.0 Å². The van der Waals surface area contributed by atoms with Crippen molar-refractivity contribution in [2.24, 2.45) is 10.9 Å². The number of para-hydroxylation sites is 1. The molecule has 190 valence electrons. The first-order valence-electron chi connectivity index (χ1n) is 11.1. The molecule has 1 aromatic heterocycles. The van der Waals surface area contributed by atoms with Crippen molar-refractivity contribution >= 4 is 39.9 Å². The second kappa shape index (κ2) is 11.6. The predicted octanol–water partition coefficient (Wildman–Crippen LogP) is 3.35. The molecule has 1 aliphatic rings. The summed E-state index contributed by atoms with van der Waals surface area (Å²) in [7, 11) is 0. The van der Waals surface area contributed by atoms with Gasteiger partial charge >= 0.3 is 16.9 Å². The van der Waals surface area contributed by atoms with Crippen LogP contribution in [0.15, 0.2) is 52.7 Å². The van der Waals surface area contributed by atoms with Gasteiger partial charge < -0.3 is 19.9 Å². The van der Waals surface area contributed by atoms with E-state index in [4.69, 9.17) is 9.47 Å². The normalized spacial score (nSPS) is 17.2. The van der Waals surface area contributed by atoms with E-state index in [0.717, 1.165) is 11.3 Å². The van der Waals surface area contributed by atoms with Crippen LogP contribution in [0.3, 0.4) is 0 Å². The van der Waals surface area contributed by atoms with Crippen LogP contribution in [0.1, 0.15) is 41.9 Å². The summed E-state index contributed by atoms with van der Waals surface area (Å²) < 4.78 is 10.6. The molecule has 0 aliphatic carbocycles. The van der Waals surface area contributed by atoms with Gasteiger partial charge in [0.25, 0.3) is 5.91 Å². The van der Waals surface area contributed by atoms with E-state index in [9.17, 15) is 29.6 Å². The molecule has 0 radical (unpaired) electrons. The Morgan fingerprint density at radius 3 is 2.53 bits per heavy atom. The number of carbonyl (C=O) groups is 3. The van der Waals surface area contributed by atoms with Crippen LogP contribution in [0.25, 0.3) is 0 Å². The zero-order chi connectivity index (χ0) is 26.4. The number of esters is 2. The number of phenols is 1. The van der Waals surface area contributed by atoms with Crippen molar-refractivity contribution in [3.05, 3.63) is 68.2 Å². The number of nitrogens with zero attached hydrogens (tertiary/aromatic N) is 2. The molecule has 1 aromatic carbocycles. The average molecular weight is 516 g/mol. The van der Waals surface area contributed by atoms with Crippen LogP contribution < -0.4 is 5.32 Å². The standard InChI is InChI=1S/C24H25N3O8S/c1-4-34-23(30)19-13(2)26-14(3)20(21(19)17-9-10-18(36-17)27(32)33)24(31)35-12-11-25-22(29)15-7-5-6-8-16(15)28/h5-10,19,21,28H,4,11-12H2,1-3H3,(H,25,29)/t19?,21-/m1/s1. The van der Waals surface area contributed by atoms with Crippen LogP contribution in [0.2, 0.25) is 0 Å². The molecule has 2 N–H and O–H groups in total. The number of carbonyl (C=O) groups excluding carboxylic acids is 3. The number of aromatic hydroxyl groups is 1. The summed E-state index contributed by atoms with van der Waals surface area (Å²) in [6.45, 7) is 4.76. The molecule has 2 atom stereocenters. The van der Waals surface area contributed by atoms with Gasteiger partial charge in [-0.25, -0.2) is 4.79 Å². The van der Waals surface area contributed by atoms with Crippen LogP contribution in [0.5, 0.6) is 5.75 Å². The summed E-state index contributed by atoms with van der Waals surface area (Å²) >= 11 is 0.859. The maximum atomic E-state index is 13.2. The van der Waals surface area contributed by atoms with Gasteiger partial charge in [0.2, 0.25) is 0 Å². The molecular formula is C24H25N3O8S. The highest BCUT2D eigenvalue weighted by molar-refractivity contribution is 7.15. The summed E-state index contributed by atoms with van der Waals surface area (Å²) in [6, 6.07) is 8.84. The number of rotatable bonds is 9. The minimum atomic E-state index is -0.963. The summed E-state index contributed by atoms with van der Waals surface area (Å²) in [4.78, 5) is 53.7. The van der Waals surface area contributed by atoms with Crippen molar-refractivity contribution in [3.8, 4) is 5.75 Å². The molecule has 0 saturated carbocycles. The highest BCUT2D eigenvalue weighted by Crippen LogP contribution is 2.44. The molecule has 3 rings (SSSR count). The average Bonchev–Trinajstić information content (AvgIpc) is 3.32. The number of nitro groups is 1. The van der Waals surface area contributed by atoms with E-state index < -0.39 is 34.6 Å². The van der Waals surface area contributed by atoms with Crippen LogP contribution in [0.4, 0.5) is 5.00 Å². The number of amides is 1. The second-order valence-electron chi connectivity index (χ2n) is 7.80. The topological polar surface area (TPSA) is 157 Å². The van der Waals surface area contributed by atoms with Gasteiger partial charge in [0.15, 0.2) is 0 Å². The smallest absolute Gasteiger partial charge is 0.336 e. The van der Waals surface area contributed by atoms with E-state index in [1.807, 2.05) is 0 Å². The van der Waals surface area contributed by atoms with Gasteiger partial charge in [0.1, 0.15) is 18.3 Å². The van der Waals surface area contributed by atoms with Crippen molar-refractivity contribution in [2.45, 2.75) is 26.7 Å². The minimum Gasteiger partial charge on any atom is -0.507 e. The molecule has 11 nitrogen and oxygen atoms in total. The molecule has 0 fully saturated rings. The Hall–Kier alpha value is -4.06. The van der Waals surface area contributed by atoms with Crippen LogP contribution in [-0.4, -0.2) is 53.3 Å². The SMILES string of the molecule is CCOC(=O)C1C(C)=NC(C)=C(C(=O)OCCNC(=O)c2ccccc2O)[C@@H]1c1ccc([N+](=O)[O-])s1. The quantitative estimate of drug-likeness (QED) is 0.223. The van der Waals surface area contributed by atoms with Crippen molar-refractivity contribution < 1.29 is 33.9 Å². The van der Waals surface area contributed by atoms with E-state index in [0.29, 0.717) is 16.3 Å². The number of allylic oxidation sites excluding steroid dienone is 1. The Morgan fingerprint density at radius 2 is 1.89 bits per heavy atom. The number of benzene rings is 1. The predicted molar refractivity (Wildman–Crippen MR) is 131 cm³/mol. The molecule has 36 heavy (non-hydrogen) atoms.